The summed E-state index contributed by atoms with van der Waals surface area (Å²) < 4.78 is 2.67. The Labute approximate surface area is 267 Å². The van der Waals surface area contributed by atoms with Crippen molar-refractivity contribution in [3.63, 3.8) is 0 Å². The van der Waals surface area contributed by atoms with Crippen molar-refractivity contribution in [2.75, 3.05) is 0 Å². The van der Waals surface area contributed by atoms with Crippen LogP contribution in [0.1, 0.15) is 0 Å². The van der Waals surface area contributed by atoms with E-state index in [1.807, 2.05) is 0 Å². The smallest absolute Gasteiger partial charge is 0.329 e. The number of hydrogen-bond acceptors (Lipinski definition) is 0. The van der Waals surface area contributed by atoms with Gasteiger partial charge < -0.3 is 4.48 Å². The van der Waals surface area contributed by atoms with E-state index in [1.54, 1.807) is 0 Å². The van der Waals surface area contributed by atoms with E-state index in [9.17, 15) is 0 Å². The predicted molar refractivity (Wildman–Crippen MR) is 197 cm³/mol. The monoisotopic (exact) mass is 579 g/mol. The molecule has 11 rings (SSSR count). The molecular weight excluding hydrogens is 553 g/mol. The van der Waals surface area contributed by atoms with Gasteiger partial charge in [-0.15, -0.1) is 0 Å². The van der Waals surface area contributed by atoms with Crippen molar-refractivity contribution in [3.8, 4) is 44.5 Å². The van der Waals surface area contributed by atoms with Crippen LogP contribution in [0.5, 0.6) is 0 Å². The standard InChI is InChI=1S/C44H26BN/c1-3-15-31-27(11-1)13-9-19-33(31)29-23-37-35-17-5-7-21-41(35)45-42-22-8-6-18-36(42)38-24-30(26-40-39(25-29)43(37)46(45)44(38)40)34-20-10-14-28-12-2-4-16-32(28)34/h1-26H. The van der Waals surface area contributed by atoms with Gasteiger partial charge >= 0.3 is 6.85 Å². The van der Waals surface area contributed by atoms with Crippen LogP contribution in [0.3, 0.4) is 0 Å². The number of nitrogens with zero attached hydrogens (tertiary/aromatic N) is 1. The SMILES string of the molecule is c1ccc2c(c1)B1c3ccccc3-c3cc(-c4cccc5ccccc45)cc4c5cc(-c6cccc7ccccc67)cc-2c5n1c34. The molecule has 0 bridgehead atoms. The van der Waals surface area contributed by atoms with Crippen LogP contribution in [0.2, 0.25) is 0 Å². The maximum atomic E-state index is 2.67. The van der Waals surface area contributed by atoms with Crippen LogP contribution in [0.15, 0.2) is 158 Å². The Hall–Kier alpha value is -5.86. The number of fused-ring (bicyclic) bond motifs is 9. The first-order valence-corrected chi connectivity index (χ1v) is 16.1. The number of rotatable bonds is 2. The van der Waals surface area contributed by atoms with E-state index in [0.717, 1.165) is 0 Å². The summed E-state index contributed by atoms with van der Waals surface area (Å²) in [5, 5.41) is 7.76. The molecule has 0 radical (unpaired) electrons. The summed E-state index contributed by atoms with van der Waals surface area (Å²) >= 11 is 0. The minimum Gasteiger partial charge on any atom is -0.375 e. The van der Waals surface area contributed by atoms with Gasteiger partial charge in [0.2, 0.25) is 0 Å². The van der Waals surface area contributed by atoms with Crippen molar-refractivity contribution in [1.82, 2.24) is 4.48 Å². The minimum absolute atomic E-state index is 0.138. The van der Waals surface area contributed by atoms with Crippen LogP contribution in [0, 0.1) is 0 Å². The maximum absolute atomic E-state index is 2.67. The third-order valence-electron chi connectivity index (χ3n) is 10.5. The van der Waals surface area contributed by atoms with Crippen molar-refractivity contribution in [2.45, 2.75) is 0 Å². The maximum Gasteiger partial charge on any atom is 0.329 e. The molecule has 0 aliphatic carbocycles. The fourth-order valence-electron chi connectivity index (χ4n) is 8.65. The third-order valence-corrected chi connectivity index (χ3v) is 10.5. The van der Waals surface area contributed by atoms with Crippen molar-refractivity contribution in [1.29, 1.82) is 0 Å². The van der Waals surface area contributed by atoms with Gasteiger partial charge in [0.25, 0.3) is 0 Å². The van der Waals surface area contributed by atoms with Gasteiger partial charge in [-0.1, -0.05) is 133 Å². The van der Waals surface area contributed by atoms with Crippen molar-refractivity contribution in [2.24, 2.45) is 0 Å². The van der Waals surface area contributed by atoms with E-state index in [2.05, 4.69) is 162 Å². The molecule has 0 fully saturated rings. The Bertz CT molecular complexity index is 2570. The number of aromatic nitrogens is 1. The fraction of sp³-hybridized carbons (Fsp3) is 0. The van der Waals surface area contributed by atoms with Gasteiger partial charge in [0, 0.05) is 32.9 Å². The number of benzene rings is 8. The Balaban J connectivity index is 1.34. The highest BCUT2D eigenvalue weighted by Gasteiger charge is 2.39. The lowest BCUT2D eigenvalue weighted by Crippen LogP contribution is -2.53. The molecule has 1 nitrogen and oxygen atoms in total. The quantitative estimate of drug-likeness (QED) is 0.180. The Morgan fingerprint density at radius 1 is 0.326 bits per heavy atom. The first kappa shape index (κ1) is 24.5. The summed E-state index contributed by atoms with van der Waals surface area (Å²) in [5.74, 6) is 0. The van der Waals surface area contributed by atoms with E-state index in [1.165, 1.54) is 98.8 Å². The van der Waals surface area contributed by atoms with Gasteiger partial charge in [0.1, 0.15) is 0 Å². The van der Waals surface area contributed by atoms with E-state index >= 15 is 0 Å². The Morgan fingerprint density at radius 2 is 0.739 bits per heavy atom. The summed E-state index contributed by atoms with van der Waals surface area (Å²) in [6.45, 7) is 0.138. The molecule has 0 saturated heterocycles. The largest absolute Gasteiger partial charge is 0.375 e. The summed E-state index contributed by atoms with van der Waals surface area (Å²) in [6.07, 6.45) is 0. The first-order valence-electron chi connectivity index (χ1n) is 16.1. The van der Waals surface area contributed by atoms with Gasteiger partial charge in [0.15, 0.2) is 0 Å². The lowest BCUT2D eigenvalue weighted by atomic mass is 9.45. The molecule has 0 amide bonds. The molecule has 0 spiro atoms. The van der Waals surface area contributed by atoms with Crippen molar-refractivity contribution >= 4 is 61.1 Å². The summed E-state index contributed by atoms with van der Waals surface area (Å²) in [5.41, 5.74) is 15.8. The van der Waals surface area contributed by atoms with Crippen LogP contribution in [0.4, 0.5) is 0 Å². The van der Waals surface area contributed by atoms with Gasteiger partial charge in [-0.3, -0.25) is 0 Å². The zero-order valence-corrected chi connectivity index (χ0v) is 25.0. The Morgan fingerprint density at radius 3 is 1.26 bits per heavy atom. The highest BCUT2D eigenvalue weighted by molar-refractivity contribution is 6.88. The van der Waals surface area contributed by atoms with Crippen LogP contribution in [0.25, 0.3) is 87.9 Å². The van der Waals surface area contributed by atoms with Gasteiger partial charge in [-0.25, -0.2) is 0 Å². The predicted octanol–water partition coefficient (Wildman–Crippen LogP) is 10.0. The second-order valence-corrected chi connectivity index (χ2v) is 12.8. The lowest BCUT2D eigenvalue weighted by Gasteiger charge is -2.32. The highest BCUT2D eigenvalue weighted by Crippen LogP contribution is 2.48. The second kappa shape index (κ2) is 8.87. The molecule has 2 heteroatoms. The summed E-state index contributed by atoms with van der Waals surface area (Å²) in [7, 11) is 0. The van der Waals surface area contributed by atoms with E-state index in [4.69, 9.17) is 0 Å². The third kappa shape index (κ3) is 3.11. The molecule has 9 aromatic rings. The van der Waals surface area contributed by atoms with E-state index < -0.39 is 0 Å². The lowest BCUT2D eigenvalue weighted by molar-refractivity contribution is 1.31. The minimum atomic E-state index is 0.138. The van der Waals surface area contributed by atoms with E-state index in [0.29, 0.717) is 0 Å². The van der Waals surface area contributed by atoms with Gasteiger partial charge in [0.05, 0.1) is 0 Å². The topological polar surface area (TPSA) is 4.93 Å². The average molecular weight is 580 g/mol. The van der Waals surface area contributed by atoms with Crippen molar-refractivity contribution in [3.05, 3.63) is 158 Å². The normalized spacial score (nSPS) is 12.7. The van der Waals surface area contributed by atoms with Crippen LogP contribution in [-0.2, 0) is 0 Å². The second-order valence-electron chi connectivity index (χ2n) is 12.8. The molecule has 46 heavy (non-hydrogen) atoms. The molecular formula is C44H26BN. The van der Waals surface area contributed by atoms with E-state index in [-0.39, 0.29) is 6.85 Å². The molecule has 1 aromatic heterocycles. The molecule has 210 valence electrons. The van der Waals surface area contributed by atoms with Gasteiger partial charge in [-0.2, -0.15) is 0 Å². The van der Waals surface area contributed by atoms with Crippen LogP contribution in [-0.4, -0.2) is 11.3 Å². The molecule has 0 unspecified atom stereocenters. The fourth-order valence-corrected chi connectivity index (χ4v) is 8.65. The van der Waals surface area contributed by atoms with Crippen molar-refractivity contribution < 1.29 is 0 Å². The average Bonchev–Trinajstić information content (AvgIpc) is 3.45. The molecule has 2 aliphatic heterocycles. The zero-order chi connectivity index (χ0) is 29.9. The molecule has 0 N–H and O–H groups in total. The number of hydrogen-bond donors (Lipinski definition) is 0. The molecule has 0 atom stereocenters. The molecule has 0 saturated carbocycles. The summed E-state index contributed by atoms with van der Waals surface area (Å²) in [4.78, 5) is 0. The molecule has 2 aliphatic rings. The Kier molecular flexibility index (Phi) is 4.72. The first-order chi connectivity index (χ1) is 22.8. The molecule has 8 aromatic carbocycles. The van der Waals surface area contributed by atoms with Crippen LogP contribution < -0.4 is 10.9 Å². The van der Waals surface area contributed by atoms with Gasteiger partial charge in [-0.05, 0) is 90.1 Å². The van der Waals surface area contributed by atoms with Crippen LogP contribution >= 0.6 is 0 Å². The summed E-state index contributed by atoms with van der Waals surface area (Å²) in [6, 6.07) is 58.9. The zero-order valence-electron chi connectivity index (χ0n) is 25.0. The highest BCUT2D eigenvalue weighted by atomic mass is 14.9. The molecule has 3 heterocycles.